The third kappa shape index (κ3) is 5.39. The first kappa shape index (κ1) is 19.6. The average Bonchev–Trinajstić information content (AvgIpc) is 2.62. The van der Waals surface area contributed by atoms with Gasteiger partial charge in [-0.1, -0.05) is 17.7 Å². The highest BCUT2D eigenvalue weighted by Crippen LogP contribution is 2.23. The van der Waals surface area contributed by atoms with Gasteiger partial charge in [-0.25, -0.2) is 9.59 Å². The molecule has 2 N–H and O–H groups in total. The summed E-state index contributed by atoms with van der Waals surface area (Å²) in [6, 6.07) is 9.88. The molecule has 0 aliphatic heterocycles. The summed E-state index contributed by atoms with van der Waals surface area (Å²) in [5.74, 6) is 0.246. The van der Waals surface area contributed by atoms with Gasteiger partial charge in [-0.15, -0.1) is 0 Å². The average molecular weight is 377 g/mol. The first-order chi connectivity index (χ1) is 12.4. The van der Waals surface area contributed by atoms with E-state index in [1.807, 2.05) is 32.0 Å². The van der Waals surface area contributed by atoms with Crippen LogP contribution in [0.5, 0.6) is 5.75 Å². The van der Waals surface area contributed by atoms with Crippen molar-refractivity contribution in [3.05, 3.63) is 58.1 Å². The third-order valence-electron chi connectivity index (χ3n) is 3.77. The molecule has 138 valence electrons. The van der Waals surface area contributed by atoms with Crippen molar-refractivity contribution in [2.45, 2.75) is 13.8 Å². The largest absolute Gasteiger partial charge is 0.492 e. The van der Waals surface area contributed by atoms with E-state index in [-0.39, 0.29) is 0 Å². The molecule has 2 amide bonds. The molecule has 0 fully saturated rings. The number of esters is 1. The monoisotopic (exact) mass is 376 g/mol. The van der Waals surface area contributed by atoms with Gasteiger partial charge in [0.25, 0.3) is 0 Å². The van der Waals surface area contributed by atoms with Gasteiger partial charge in [-0.3, -0.25) is 0 Å². The number of urea groups is 1. The lowest BCUT2D eigenvalue weighted by Crippen LogP contribution is -2.32. The number of amides is 2. The molecule has 2 rings (SSSR count). The Kier molecular flexibility index (Phi) is 6.86. The van der Waals surface area contributed by atoms with Gasteiger partial charge in [0.05, 0.1) is 29.9 Å². The molecule has 0 aliphatic carbocycles. The topological polar surface area (TPSA) is 76.7 Å². The lowest BCUT2D eigenvalue weighted by molar-refractivity contribution is 0.0600. The van der Waals surface area contributed by atoms with Crippen molar-refractivity contribution < 1.29 is 19.1 Å². The Morgan fingerprint density at radius 3 is 2.54 bits per heavy atom. The molecule has 0 bridgehead atoms. The summed E-state index contributed by atoms with van der Waals surface area (Å²) < 4.78 is 10.2. The summed E-state index contributed by atoms with van der Waals surface area (Å²) in [6.07, 6.45) is 0. The highest BCUT2D eigenvalue weighted by molar-refractivity contribution is 6.33. The molecule has 2 aromatic rings. The first-order valence-corrected chi connectivity index (χ1v) is 8.41. The van der Waals surface area contributed by atoms with Crippen LogP contribution in [0.4, 0.5) is 10.5 Å². The summed E-state index contributed by atoms with van der Waals surface area (Å²) in [7, 11) is 1.28. The molecule has 0 heterocycles. The third-order valence-corrected chi connectivity index (χ3v) is 4.10. The van der Waals surface area contributed by atoms with E-state index in [4.69, 9.17) is 16.3 Å². The zero-order valence-electron chi connectivity index (χ0n) is 14.9. The Labute approximate surface area is 157 Å². The molecule has 0 spiro atoms. The molecule has 0 saturated carbocycles. The summed E-state index contributed by atoms with van der Waals surface area (Å²) in [4.78, 5) is 23.5. The Hall–Kier alpha value is -2.73. The summed E-state index contributed by atoms with van der Waals surface area (Å²) >= 11 is 6.04. The molecule has 7 heteroatoms. The standard InChI is InChI=1S/C19H21ClN2O4/c1-12-4-6-15(10-13(12)2)26-9-8-21-19(24)22-17-11-14(18(23)25-3)5-7-16(17)20/h4-7,10-11H,8-9H2,1-3H3,(H2,21,22,24). The maximum atomic E-state index is 12.0. The molecule has 0 atom stereocenters. The number of benzene rings is 2. The van der Waals surface area contributed by atoms with Crippen LogP contribution in [0.25, 0.3) is 0 Å². The van der Waals surface area contributed by atoms with Gasteiger partial charge in [0.1, 0.15) is 12.4 Å². The van der Waals surface area contributed by atoms with E-state index in [0.29, 0.717) is 29.4 Å². The molecule has 0 aliphatic rings. The SMILES string of the molecule is COC(=O)c1ccc(Cl)c(NC(=O)NCCOc2ccc(C)c(C)c2)c1. The lowest BCUT2D eigenvalue weighted by atomic mass is 10.1. The molecule has 26 heavy (non-hydrogen) atoms. The van der Waals surface area contributed by atoms with Crippen LogP contribution in [0.1, 0.15) is 21.5 Å². The Morgan fingerprint density at radius 2 is 1.85 bits per heavy atom. The fraction of sp³-hybridized carbons (Fsp3) is 0.263. The number of ether oxygens (including phenoxy) is 2. The number of carbonyl (C=O) groups excluding carboxylic acids is 2. The van der Waals surface area contributed by atoms with Crippen LogP contribution in [0.2, 0.25) is 5.02 Å². The van der Waals surface area contributed by atoms with Crippen molar-refractivity contribution in [1.82, 2.24) is 5.32 Å². The van der Waals surface area contributed by atoms with Crippen molar-refractivity contribution in [1.29, 1.82) is 0 Å². The van der Waals surface area contributed by atoms with Crippen molar-refractivity contribution in [3.8, 4) is 5.75 Å². The number of hydrogen-bond donors (Lipinski definition) is 2. The van der Waals surface area contributed by atoms with E-state index >= 15 is 0 Å². The number of aryl methyl sites for hydroxylation is 2. The Bertz CT molecular complexity index is 808. The van der Waals surface area contributed by atoms with Gasteiger partial charge in [-0.05, 0) is 55.3 Å². The highest BCUT2D eigenvalue weighted by Gasteiger charge is 2.11. The quantitative estimate of drug-likeness (QED) is 0.591. The lowest BCUT2D eigenvalue weighted by Gasteiger charge is -2.11. The Balaban J connectivity index is 1.83. The molecule has 2 aromatic carbocycles. The van der Waals surface area contributed by atoms with E-state index in [2.05, 4.69) is 15.4 Å². The van der Waals surface area contributed by atoms with E-state index in [1.54, 1.807) is 0 Å². The zero-order chi connectivity index (χ0) is 19.1. The van der Waals surface area contributed by atoms with Gasteiger partial charge >= 0.3 is 12.0 Å². The minimum Gasteiger partial charge on any atom is -0.492 e. The zero-order valence-corrected chi connectivity index (χ0v) is 15.6. The summed E-state index contributed by atoms with van der Waals surface area (Å²) in [5.41, 5.74) is 2.96. The number of rotatable bonds is 6. The maximum absolute atomic E-state index is 12.0. The minimum absolute atomic E-state index is 0.297. The molecule has 0 unspecified atom stereocenters. The second-order valence-electron chi connectivity index (χ2n) is 5.66. The Morgan fingerprint density at radius 1 is 1.08 bits per heavy atom. The van der Waals surface area contributed by atoms with Crippen molar-refractivity contribution in [3.63, 3.8) is 0 Å². The number of anilines is 1. The molecule has 0 aromatic heterocycles. The van der Waals surface area contributed by atoms with Crippen molar-refractivity contribution in [2.24, 2.45) is 0 Å². The van der Waals surface area contributed by atoms with Gasteiger partial charge in [0, 0.05) is 0 Å². The molecule has 6 nitrogen and oxygen atoms in total. The van der Waals surface area contributed by atoms with E-state index in [1.165, 1.54) is 30.9 Å². The van der Waals surface area contributed by atoms with Crippen LogP contribution in [0.3, 0.4) is 0 Å². The molecular weight excluding hydrogens is 356 g/mol. The minimum atomic E-state index is -0.507. The van der Waals surface area contributed by atoms with Gasteiger partial charge in [0.15, 0.2) is 0 Å². The second-order valence-corrected chi connectivity index (χ2v) is 6.07. The number of halogens is 1. The van der Waals surface area contributed by atoms with Crippen molar-refractivity contribution in [2.75, 3.05) is 25.6 Å². The number of nitrogens with one attached hydrogen (secondary N) is 2. The number of carbonyl (C=O) groups is 2. The fourth-order valence-electron chi connectivity index (χ4n) is 2.17. The summed E-state index contributed by atoms with van der Waals surface area (Å²) in [6.45, 7) is 4.68. The molecule has 0 saturated heterocycles. The van der Waals surface area contributed by atoms with E-state index < -0.39 is 12.0 Å². The predicted molar refractivity (Wildman–Crippen MR) is 101 cm³/mol. The van der Waals surface area contributed by atoms with Gasteiger partial charge in [-0.2, -0.15) is 0 Å². The number of methoxy groups -OCH3 is 1. The first-order valence-electron chi connectivity index (χ1n) is 8.03. The molecule has 0 radical (unpaired) electrons. The van der Waals surface area contributed by atoms with Crippen LogP contribution in [0.15, 0.2) is 36.4 Å². The van der Waals surface area contributed by atoms with Crippen LogP contribution in [0, 0.1) is 13.8 Å². The van der Waals surface area contributed by atoms with E-state index in [9.17, 15) is 9.59 Å². The van der Waals surface area contributed by atoms with Crippen LogP contribution < -0.4 is 15.4 Å². The normalized spacial score (nSPS) is 10.2. The van der Waals surface area contributed by atoms with Crippen LogP contribution >= 0.6 is 11.6 Å². The highest BCUT2D eigenvalue weighted by atomic mass is 35.5. The number of hydrogen-bond acceptors (Lipinski definition) is 4. The van der Waals surface area contributed by atoms with Crippen LogP contribution in [-0.2, 0) is 4.74 Å². The van der Waals surface area contributed by atoms with Gasteiger partial charge in [0.2, 0.25) is 0 Å². The summed E-state index contributed by atoms with van der Waals surface area (Å²) in [5, 5.41) is 5.59. The predicted octanol–water partition coefficient (Wildman–Crippen LogP) is 3.94. The fourth-order valence-corrected chi connectivity index (χ4v) is 2.33. The van der Waals surface area contributed by atoms with Crippen molar-refractivity contribution >= 4 is 29.3 Å². The second kappa shape index (κ2) is 9.10. The molecular formula is C19H21ClN2O4. The van der Waals surface area contributed by atoms with E-state index in [0.717, 1.165) is 11.3 Å². The maximum Gasteiger partial charge on any atom is 0.337 e. The van der Waals surface area contributed by atoms with Crippen LogP contribution in [-0.4, -0.2) is 32.3 Å². The smallest absolute Gasteiger partial charge is 0.337 e. The van der Waals surface area contributed by atoms with Gasteiger partial charge < -0.3 is 20.1 Å².